The van der Waals surface area contributed by atoms with Gasteiger partial charge >= 0.3 is 0 Å². The fraction of sp³-hybridized carbons (Fsp3) is 0.0667. The van der Waals surface area contributed by atoms with Gasteiger partial charge in [-0.15, -0.1) is 0 Å². The second-order valence-electron chi connectivity index (χ2n) is 4.12. The topological polar surface area (TPSA) is 50.7 Å². The van der Waals surface area contributed by atoms with Crippen LogP contribution in [0, 0.1) is 5.82 Å². The Kier molecular flexibility index (Phi) is 5.45. The molecule has 2 rings (SSSR count). The van der Waals surface area contributed by atoms with E-state index in [1.54, 1.807) is 24.3 Å². The van der Waals surface area contributed by atoms with Gasteiger partial charge in [0.25, 0.3) is 5.91 Å². The molecule has 4 nitrogen and oxygen atoms in total. The van der Waals surface area contributed by atoms with Crippen molar-refractivity contribution in [2.24, 2.45) is 5.16 Å². The number of halogens is 2. The quantitative estimate of drug-likeness (QED) is 0.661. The van der Waals surface area contributed by atoms with Crippen LogP contribution < -0.4 is 5.32 Å². The van der Waals surface area contributed by atoms with Gasteiger partial charge in [0.05, 0.1) is 6.21 Å². The molecule has 0 bridgehead atoms. The van der Waals surface area contributed by atoms with Gasteiger partial charge in [0.15, 0.2) is 6.61 Å². The molecule has 2 aromatic carbocycles. The highest BCUT2D eigenvalue weighted by Crippen LogP contribution is 2.15. The van der Waals surface area contributed by atoms with Crippen LogP contribution in [0.5, 0.6) is 0 Å². The van der Waals surface area contributed by atoms with Gasteiger partial charge in [-0.1, -0.05) is 39.3 Å². The summed E-state index contributed by atoms with van der Waals surface area (Å²) in [6, 6.07) is 13.0. The zero-order valence-electron chi connectivity index (χ0n) is 10.9. The first-order chi connectivity index (χ1) is 10.1. The van der Waals surface area contributed by atoms with E-state index in [4.69, 9.17) is 4.84 Å². The van der Waals surface area contributed by atoms with Crippen molar-refractivity contribution in [1.82, 2.24) is 0 Å². The Bertz CT molecular complexity index is 644. The molecule has 1 N–H and O–H groups in total. The van der Waals surface area contributed by atoms with Crippen LogP contribution in [0.2, 0.25) is 0 Å². The monoisotopic (exact) mass is 350 g/mol. The minimum atomic E-state index is -0.318. The van der Waals surface area contributed by atoms with Gasteiger partial charge in [-0.05, 0) is 35.9 Å². The van der Waals surface area contributed by atoms with E-state index in [-0.39, 0.29) is 18.3 Å². The minimum absolute atomic E-state index is 0.204. The first-order valence-corrected chi connectivity index (χ1v) is 6.89. The Morgan fingerprint density at radius 2 is 2.05 bits per heavy atom. The van der Waals surface area contributed by atoms with Crippen LogP contribution in [0.25, 0.3) is 0 Å². The molecule has 0 aliphatic carbocycles. The number of nitrogens with zero attached hydrogens (tertiary/aromatic N) is 1. The molecule has 0 saturated heterocycles. The molecule has 0 radical (unpaired) electrons. The van der Waals surface area contributed by atoms with Crippen LogP contribution in [-0.4, -0.2) is 18.7 Å². The van der Waals surface area contributed by atoms with Gasteiger partial charge in [0.1, 0.15) is 5.82 Å². The Hall–Kier alpha value is -2.21. The summed E-state index contributed by atoms with van der Waals surface area (Å²) in [7, 11) is 0. The van der Waals surface area contributed by atoms with Crippen molar-refractivity contribution in [3.05, 3.63) is 64.4 Å². The zero-order valence-corrected chi connectivity index (χ0v) is 12.5. The summed E-state index contributed by atoms with van der Waals surface area (Å²) >= 11 is 3.31. The second kappa shape index (κ2) is 7.54. The lowest BCUT2D eigenvalue weighted by Crippen LogP contribution is -2.16. The van der Waals surface area contributed by atoms with Crippen LogP contribution >= 0.6 is 15.9 Å². The average Bonchev–Trinajstić information content (AvgIpc) is 2.45. The van der Waals surface area contributed by atoms with Crippen LogP contribution in [0.1, 0.15) is 5.56 Å². The second-order valence-corrected chi connectivity index (χ2v) is 5.03. The SMILES string of the molecule is O=C(CO/N=C/c1ccc(F)cc1)Nc1cccc(Br)c1. The van der Waals surface area contributed by atoms with E-state index in [0.29, 0.717) is 11.3 Å². The van der Waals surface area contributed by atoms with E-state index < -0.39 is 0 Å². The van der Waals surface area contributed by atoms with Crippen molar-refractivity contribution in [3.8, 4) is 0 Å². The van der Waals surface area contributed by atoms with Gasteiger partial charge in [0.2, 0.25) is 0 Å². The fourth-order valence-corrected chi connectivity index (χ4v) is 1.91. The molecular formula is C15H12BrFN2O2. The number of anilines is 1. The fourth-order valence-electron chi connectivity index (χ4n) is 1.51. The number of carbonyl (C=O) groups is 1. The van der Waals surface area contributed by atoms with Crippen molar-refractivity contribution >= 4 is 33.7 Å². The van der Waals surface area contributed by atoms with Gasteiger partial charge < -0.3 is 10.2 Å². The average molecular weight is 351 g/mol. The number of hydrogen-bond donors (Lipinski definition) is 1. The predicted molar refractivity (Wildman–Crippen MR) is 82.7 cm³/mol. The maximum atomic E-state index is 12.7. The highest BCUT2D eigenvalue weighted by Gasteiger charge is 2.02. The Labute approximate surface area is 129 Å². The van der Waals surface area contributed by atoms with Crippen LogP contribution in [0.4, 0.5) is 10.1 Å². The number of rotatable bonds is 5. The van der Waals surface area contributed by atoms with Crippen molar-refractivity contribution in [1.29, 1.82) is 0 Å². The Balaban J connectivity index is 1.78. The number of hydrogen-bond acceptors (Lipinski definition) is 3. The Morgan fingerprint density at radius 3 is 2.76 bits per heavy atom. The highest BCUT2D eigenvalue weighted by molar-refractivity contribution is 9.10. The van der Waals surface area contributed by atoms with E-state index in [0.717, 1.165) is 4.47 Å². The molecule has 0 atom stereocenters. The lowest BCUT2D eigenvalue weighted by Gasteiger charge is -2.04. The molecule has 0 heterocycles. The predicted octanol–water partition coefficient (Wildman–Crippen LogP) is 3.58. The van der Waals surface area contributed by atoms with E-state index in [2.05, 4.69) is 26.4 Å². The van der Waals surface area contributed by atoms with Crippen molar-refractivity contribution < 1.29 is 14.0 Å². The summed E-state index contributed by atoms with van der Waals surface area (Å²) in [6.07, 6.45) is 1.41. The third-order valence-electron chi connectivity index (χ3n) is 2.45. The molecule has 0 unspecified atom stereocenters. The van der Waals surface area contributed by atoms with Gasteiger partial charge in [0, 0.05) is 10.2 Å². The van der Waals surface area contributed by atoms with Crippen LogP contribution in [-0.2, 0) is 9.63 Å². The van der Waals surface area contributed by atoms with E-state index in [1.807, 2.05) is 12.1 Å². The number of nitrogens with one attached hydrogen (secondary N) is 1. The van der Waals surface area contributed by atoms with Crippen molar-refractivity contribution in [2.45, 2.75) is 0 Å². The molecule has 0 fully saturated rings. The summed E-state index contributed by atoms with van der Waals surface area (Å²) in [4.78, 5) is 16.5. The molecule has 0 aromatic heterocycles. The lowest BCUT2D eigenvalue weighted by molar-refractivity contribution is -0.120. The molecule has 0 saturated carbocycles. The maximum Gasteiger partial charge on any atom is 0.265 e. The molecule has 108 valence electrons. The smallest absolute Gasteiger partial charge is 0.265 e. The number of carbonyl (C=O) groups excluding carboxylic acids is 1. The molecule has 6 heteroatoms. The molecule has 21 heavy (non-hydrogen) atoms. The molecule has 0 spiro atoms. The minimum Gasteiger partial charge on any atom is -0.386 e. The van der Waals surface area contributed by atoms with Crippen LogP contribution in [0.3, 0.4) is 0 Å². The van der Waals surface area contributed by atoms with Crippen LogP contribution in [0.15, 0.2) is 58.2 Å². The first-order valence-electron chi connectivity index (χ1n) is 6.10. The molecule has 2 aromatic rings. The standard InChI is InChI=1S/C15H12BrFN2O2/c16-12-2-1-3-14(8-12)19-15(20)10-21-18-9-11-4-6-13(17)7-5-11/h1-9H,10H2,(H,19,20)/b18-9+. The first kappa shape index (κ1) is 15.2. The van der Waals surface area contributed by atoms with Crippen molar-refractivity contribution in [2.75, 3.05) is 11.9 Å². The third-order valence-corrected chi connectivity index (χ3v) is 2.94. The van der Waals surface area contributed by atoms with E-state index >= 15 is 0 Å². The number of benzene rings is 2. The number of amides is 1. The van der Waals surface area contributed by atoms with E-state index in [9.17, 15) is 9.18 Å². The van der Waals surface area contributed by atoms with E-state index in [1.165, 1.54) is 18.3 Å². The summed E-state index contributed by atoms with van der Waals surface area (Å²) in [5.74, 6) is -0.633. The lowest BCUT2D eigenvalue weighted by atomic mass is 10.2. The summed E-state index contributed by atoms with van der Waals surface area (Å²) in [6.45, 7) is -0.204. The maximum absolute atomic E-state index is 12.7. The molecule has 0 aliphatic heterocycles. The third kappa shape index (κ3) is 5.35. The summed E-state index contributed by atoms with van der Waals surface area (Å²) < 4.78 is 13.6. The van der Waals surface area contributed by atoms with Gasteiger partial charge in [-0.3, -0.25) is 4.79 Å². The number of oxime groups is 1. The summed E-state index contributed by atoms with van der Waals surface area (Å²) in [5, 5.41) is 6.32. The normalized spacial score (nSPS) is 10.6. The molecule has 0 aliphatic rings. The molecular weight excluding hydrogens is 339 g/mol. The van der Waals surface area contributed by atoms with Gasteiger partial charge in [-0.25, -0.2) is 4.39 Å². The highest BCUT2D eigenvalue weighted by atomic mass is 79.9. The largest absolute Gasteiger partial charge is 0.386 e. The molecule has 1 amide bonds. The summed E-state index contributed by atoms with van der Waals surface area (Å²) in [5.41, 5.74) is 1.35. The Morgan fingerprint density at radius 1 is 1.29 bits per heavy atom. The van der Waals surface area contributed by atoms with Crippen molar-refractivity contribution in [3.63, 3.8) is 0 Å². The van der Waals surface area contributed by atoms with Gasteiger partial charge in [-0.2, -0.15) is 0 Å². The zero-order chi connectivity index (χ0) is 15.1.